The van der Waals surface area contributed by atoms with Gasteiger partial charge in [0.05, 0.1) is 17.4 Å². The van der Waals surface area contributed by atoms with E-state index in [4.69, 9.17) is 10.00 Å². The van der Waals surface area contributed by atoms with Crippen LogP contribution in [-0.2, 0) is 22.7 Å². The first kappa shape index (κ1) is 24.8. The topological polar surface area (TPSA) is 121 Å². The minimum atomic E-state index is -0.643. The average molecular weight is 529 g/mol. The molecule has 0 aliphatic carbocycles. The first-order valence-corrected chi connectivity index (χ1v) is 12.8. The molecule has 2 fully saturated rings. The van der Waals surface area contributed by atoms with Crippen molar-refractivity contribution in [2.75, 3.05) is 13.1 Å². The van der Waals surface area contributed by atoms with Gasteiger partial charge in [-0.3, -0.25) is 24.6 Å². The number of fused-ring (bicyclic) bond motifs is 1. The van der Waals surface area contributed by atoms with Crippen molar-refractivity contribution in [1.29, 1.82) is 5.26 Å². The van der Waals surface area contributed by atoms with Gasteiger partial charge >= 0.3 is 0 Å². The summed E-state index contributed by atoms with van der Waals surface area (Å²) in [5.41, 5.74) is 2.88. The molecule has 11 heteroatoms. The Hall–Kier alpha value is -4.56. The summed E-state index contributed by atoms with van der Waals surface area (Å²) in [5.74, 6) is -0.843. The van der Waals surface area contributed by atoms with Crippen molar-refractivity contribution in [2.24, 2.45) is 0 Å². The molecule has 3 amide bonds. The molecule has 6 rings (SSSR count). The van der Waals surface area contributed by atoms with Crippen LogP contribution in [0.25, 0.3) is 5.69 Å². The van der Waals surface area contributed by atoms with E-state index < -0.39 is 17.8 Å². The lowest BCUT2D eigenvalue weighted by molar-refractivity contribution is -0.136. The predicted octanol–water partition coefficient (Wildman–Crippen LogP) is 2.30. The standard InChI is InChI=1S/C28H25FN6O4/c29-24-10-20(2-1-18(24)11-30)35-14-17(12-31-35)13-33-8-7-22(16-33)39-21-3-4-23-19(9-21)15-34(28(23)38)25-5-6-26(36)32-27(25)37/h1-4,9-10,12,14,22,25H,5-8,13,15-16H2,(H,32,36,37). The number of nitrogens with one attached hydrogen (secondary N) is 1. The average Bonchev–Trinajstić information content (AvgIpc) is 3.64. The highest BCUT2D eigenvalue weighted by atomic mass is 19.1. The van der Waals surface area contributed by atoms with E-state index in [1.165, 1.54) is 17.0 Å². The number of imide groups is 1. The second kappa shape index (κ2) is 9.96. The molecule has 4 heterocycles. The zero-order valence-electron chi connectivity index (χ0n) is 21.0. The second-order valence-electron chi connectivity index (χ2n) is 10.1. The van der Waals surface area contributed by atoms with E-state index in [1.807, 2.05) is 18.3 Å². The summed E-state index contributed by atoms with van der Waals surface area (Å²) in [5, 5.41) is 15.6. The van der Waals surface area contributed by atoms with Crippen molar-refractivity contribution in [3.8, 4) is 17.5 Å². The van der Waals surface area contributed by atoms with Crippen LogP contribution < -0.4 is 10.1 Å². The van der Waals surface area contributed by atoms with Crippen molar-refractivity contribution in [3.63, 3.8) is 0 Å². The van der Waals surface area contributed by atoms with Crippen molar-refractivity contribution >= 4 is 17.7 Å². The highest BCUT2D eigenvalue weighted by Gasteiger charge is 2.39. The van der Waals surface area contributed by atoms with Gasteiger partial charge in [-0.1, -0.05) is 0 Å². The van der Waals surface area contributed by atoms with Crippen LogP contribution in [0.2, 0.25) is 0 Å². The van der Waals surface area contributed by atoms with Crippen LogP contribution in [0.5, 0.6) is 5.75 Å². The minimum Gasteiger partial charge on any atom is -0.489 e. The van der Waals surface area contributed by atoms with E-state index in [-0.39, 0.29) is 29.9 Å². The van der Waals surface area contributed by atoms with E-state index in [0.29, 0.717) is 36.5 Å². The number of hydrogen-bond donors (Lipinski definition) is 1. The molecular weight excluding hydrogens is 503 g/mol. The molecule has 3 aliphatic rings. The van der Waals surface area contributed by atoms with Crippen LogP contribution in [0.15, 0.2) is 48.8 Å². The second-order valence-corrected chi connectivity index (χ2v) is 10.1. The van der Waals surface area contributed by atoms with Crippen LogP contribution in [0.4, 0.5) is 4.39 Å². The number of rotatable bonds is 6. The largest absolute Gasteiger partial charge is 0.489 e. The Morgan fingerprint density at radius 2 is 2.03 bits per heavy atom. The Bertz CT molecular complexity index is 1530. The monoisotopic (exact) mass is 528 g/mol. The van der Waals surface area contributed by atoms with Gasteiger partial charge in [-0.05, 0) is 48.7 Å². The molecule has 10 nitrogen and oxygen atoms in total. The number of piperidine rings is 1. The Kier molecular flexibility index (Phi) is 6.32. The number of halogens is 1. The fourth-order valence-corrected chi connectivity index (χ4v) is 5.43. The lowest BCUT2D eigenvalue weighted by atomic mass is 10.0. The molecule has 2 atom stereocenters. The van der Waals surface area contributed by atoms with E-state index >= 15 is 0 Å². The zero-order valence-corrected chi connectivity index (χ0v) is 21.0. The molecule has 2 saturated heterocycles. The van der Waals surface area contributed by atoms with E-state index in [1.54, 1.807) is 29.1 Å². The minimum absolute atomic E-state index is 0.00384. The van der Waals surface area contributed by atoms with Crippen LogP contribution in [0, 0.1) is 17.1 Å². The third-order valence-corrected chi connectivity index (χ3v) is 7.41. The summed E-state index contributed by atoms with van der Waals surface area (Å²) in [4.78, 5) is 40.4. The number of nitriles is 1. The van der Waals surface area contributed by atoms with Crippen molar-refractivity contribution in [1.82, 2.24) is 24.9 Å². The lowest BCUT2D eigenvalue weighted by Crippen LogP contribution is -2.52. The molecular formula is C28H25FN6O4. The van der Waals surface area contributed by atoms with Gasteiger partial charge < -0.3 is 9.64 Å². The smallest absolute Gasteiger partial charge is 0.255 e. The molecule has 0 spiro atoms. The van der Waals surface area contributed by atoms with Gasteiger partial charge in [-0.2, -0.15) is 10.4 Å². The first-order valence-electron chi connectivity index (χ1n) is 12.8. The van der Waals surface area contributed by atoms with Gasteiger partial charge in [0.2, 0.25) is 11.8 Å². The fraction of sp³-hybridized carbons (Fsp3) is 0.321. The maximum absolute atomic E-state index is 14.0. The SMILES string of the molecule is N#Cc1ccc(-n2cc(CN3CCC(Oc4ccc5c(c4)CN(C4CCC(=O)NC4=O)C5=O)C3)cn2)cc1F. The molecule has 0 saturated carbocycles. The van der Waals surface area contributed by atoms with E-state index in [9.17, 15) is 18.8 Å². The Morgan fingerprint density at radius 1 is 1.15 bits per heavy atom. The summed E-state index contributed by atoms with van der Waals surface area (Å²) in [7, 11) is 0. The van der Waals surface area contributed by atoms with Crippen LogP contribution in [0.3, 0.4) is 0 Å². The number of amides is 3. The number of carbonyl (C=O) groups excluding carboxylic acids is 3. The molecule has 3 aliphatic heterocycles. The first-order chi connectivity index (χ1) is 18.9. The number of hydrogen-bond acceptors (Lipinski definition) is 7. The molecule has 0 radical (unpaired) electrons. The van der Waals surface area contributed by atoms with Gasteiger partial charge in [0.25, 0.3) is 5.91 Å². The molecule has 39 heavy (non-hydrogen) atoms. The molecule has 3 aromatic rings. The molecule has 198 valence electrons. The number of aromatic nitrogens is 2. The summed E-state index contributed by atoms with van der Waals surface area (Å²) < 4.78 is 21.8. The third kappa shape index (κ3) is 4.86. The quantitative estimate of drug-likeness (QED) is 0.488. The Balaban J connectivity index is 1.05. The van der Waals surface area contributed by atoms with E-state index in [0.717, 1.165) is 30.6 Å². The summed E-state index contributed by atoms with van der Waals surface area (Å²) in [6, 6.07) is 11.0. The summed E-state index contributed by atoms with van der Waals surface area (Å²) in [6.45, 7) is 2.53. The van der Waals surface area contributed by atoms with Crippen LogP contribution in [-0.4, -0.2) is 62.5 Å². The number of benzene rings is 2. The molecule has 0 bridgehead atoms. The molecule has 2 aromatic carbocycles. The van der Waals surface area contributed by atoms with Crippen molar-refractivity contribution in [2.45, 2.75) is 44.5 Å². The van der Waals surface area contributed by atoms with Gasteiger partial charge in [0.15, 0.2) is 0 Å². The fourth-order valence-electron chi connectivity index (χ4n) is 5.43. The van der Waals surface area contributed by atoms with Gasteiger partial charge in [0, 0.05) is 56.0 Å². The highest BCUT2D eigenvalue weighted by molar-refractivity contribution is 6.05. The number of carbonyl (C=O) groups is 3. The highest BCUT2D eigenvalue weighted by Crippen LogP contribution is 2.31. The third-order valence-electron chi connectivity index (χ3n) is 7.41. The zero-order chi connectivity index (χ0) is 27.1. The maximum atomic E-state index is 14.0. The van der Waals surface area contributed by atoms with Gasteiger partial charge in [-0.25, -0.2) is 9.07 Å². The molecule has 2 unspecified atom stereocenters. The summed E-state index contributed by atoms with van der Waals surface area (Å²) >= 11 is 0. The van der Waals surface area contributed by atoms with Crippen molar-refractivity contribution in [3.05, 3.63) is 76.9 Å². The predicted molar refractivity (Wildman–Crippen MR) is 135 cm³/mol. The maximum Gasteiger partial charge on any atom is 0.255 e. The van der Waals surface area contributed by atoms with Crippen LogP contribution in [0.1, 0.15) is 46.3 Å². The van der Waals surface area contributed by atoms with E-state index in [2.05, 4.69) is 15.3 Å². The lowest BCUT2D eigenvalue weighted by Gasteiger charge is -2.29. The van der Waals surface area contributed by atoms with Crippen LogP contribution >= 0.6 is 0 Å². The van der Waals surface area contributed by atoms with Gasteiger partial charge in [-0.15, -0.1) is 0 Å². The van der Waals surface area contributed by atoms with Crippen molar-refractivity contribution < 1.29 is 23.5 Å². The van der Waals surface area contributed by atoms with Gasteiger partial charge in [0.1, 0.15) is 29.8 Å². The Labute approximate surface area is 223 Å². The Morgan fingerprint density at radius 3 is 2.82 bits per heavy atom. The number of ether oxygens (including phenoxy) is 1. The molecule has 1 N–H and O–H groups in total. The number of nitrogens with zero attached hydrogens (tertiary/aromatic N) is 5. The molecule has 1 aromatic heterocycles. The summed E-state index contributed by atoms with van der Waals surface area (Å²) in [6.07, 6.45) is 4.96. The number of likely N-dealkylation sites (tertiary alicyclic amines) is 1. The normalized spacial score (nSPS) is 21.1.